The third-order valence-electron chi connectivity index (χ3n) is 5.51. The van der Waals surface area contributed by atoms with Gasteiger partial charge in [0, 0.05) is 59.0 Å². The van der Waals surface area contributed by atoms with E-state index in [1.54, 1.807) is 14.2 Å². The summed E-state index contributed by atoms with van der Waals surface area (Å²) >= 11 is 0. The highest BCUT2D eigenvalue weighted by Gasteiger charge is 2.18. The molecule has 0 saturated carbocycles. The normalized spacial score (nSPS) is 27.9. The zero-order valence-electron chi connectivity index (χ0n) is 18.5. The van der Waals surface area contributed by atoms with Crippen LogP contribution in [-0.4, -0.2) is 121 Å². The van der Waals surface area contributed by atoms with Gasteiger partial charge in [-0.3, -0.25) is 4.90 Å². The molecule has 27 heavy (non-hydrogen) atoms. The summed E-state index contributed by atoms with van der Waals surface area (Å²) in [6, 6.07) is 0.919. The smallest absolute Gasteiger partial charge is 0.0990 e. The van der Waals surface area contributed by atoms with Gasteiger partial charge in [-0.1, -0.05) is 0 Å². The van der Waals surface area contributed by atoms with Gasteiger partial charge in [0.25, 0.3) is 0 Å². The molecule has 162 valence electrons. The summed E-state index contributed by atoms with van der Waals surface area (Å²) in [5, 5.41) is 7.22. The van der Waals surface area contributed by atoms with Gasteiger partial charge in [0.1, 0.15) is 0 Å². The van der Waals surface area contributed by atoms with E-state index in [0.29, 0.717) is 18.8 Å². The Hall–Kier alpha value is -0.280. The van der Waals surface area contributed by atoms with E-state index in [0.717, 1.165) is 59.0 Å². The zero-order chi connectivity index (χ0) is 19.9. The molecule has 0 aromatic carbocycles. The Balaban J connectivity index is 2.61. The molecule has 2 unspecified atom stereocenters. The fourth-order valence-corrected chi connectivity index (χ4v) is 3.49. The lowest BCUT2D eigenvalue weighted by atomic mass is 10.2. The predicted octanol–water partition coefficient (Wildman–Crippen LogP) is 0.523. The summed E-state index contributed by atoms with van der Waals surface area (Å²) < 4.78 is 10.9. The van der Waals surface area contributed by atoms with Crippen molar-refractivity contribution in [2.75, 3.05) is 94.0 Å². The molecular formula is C20H45N5O2. The van der Waals surface area contributed by atoms with Crippen LogP contribution in [0.25, 0.3) is 0 Å². The van der Waals surface area contributed by atoms with Gasteiger partial charge in [-0.2, -0.15) is 0 Å². The molecule has 0 bridgehead atoms. The van der Waals surface area contributed by atoms with Gasteiger partial charge in [-0.05, 0) is 59.9 Å². The van der Waals surface area contributed by atoms with Crippen LogP contribution in [-0.2, 0) is 9.47 Å². The standard InChI is InChI=1S/C20H45N5O2/c1-19-15-21-9-8-11-23(2)14-10-22-16-20(17-26-4)25(18-27-5)13-7-6-12-24(19)3/h19-22H,6-18H2,1-5H3. The number of hydrogen-bond acceptors (Lipinski definition) is 7. The van der Waals surface area contributed by atoms with E-state index in [-0.39, 0.29) is 0 Å². The summed E-state index contributed by atoms with van der Waals surface area (Å²) in [4.78, 5) is 7.29. The molecule has 0 spiro atoms. The van der Waals surface area contributed by atoms with E-state index in [1.165, 1.54) is 19.3 Å². The van der Waals surface area contributed by atoms with Crippen molar-refractivity contribution in [3.63, 3.8) is 0 Å². The summed E-state index contributed by atoms with van der Waals surface area (Å²) in [6.45, 7) is 12.2. The lowest BCUT2D eigenvalue weighted by Gasteiger charge is -2.32. The van der Waals surface area contributed by atoms with Crippen LogP contribution >= 0.6 is 0 Å². The topological polar surface area (TPSA) is 52.2 Å². The molecule has 0 aliphatic carbocycles. The van der Waals surface area contributed by atoms with Gasteiger partial charge >= 0.3 is 0 Å². The molecule has 2 atom stereocenters. The number of ether oxygens (including phenoxy) is 2. The Morgan fingerprint density at radius 1 is 0.852 bits per heavy atom. The minimum Gasteiger partial charge on any atom is -0.383 e. The lowest BCUT2D eigenvalue weighted by molar-refractivity contribution is 0.00401. The highest BCUT2D eigenvalue weighted by molar-refractivity contribution is 4.74. The first kappa shape index (κ1) is 24.8. The molecule has 1 heterocycles. The second kappa shape index (κ2) is 15.6. The van der Waals surface area contributed by atoms with Crippen molar-refractivity contribution in [2.24, 2.45) is 0 Å². The summed E-state index contributed by atoms with van der Waals surface area (Å²) in [7, 11) is 8.01. The van der Waals surface area contributed by atoms with Crippen LogP contribution in [0.4, 0.5) is 0 Å². The highest BCUT2D eigenvalue weighted by Crippen LogP contribution is 2.05. The number of nitrogens with one attached hydrogen (secondary N) is 2. The van der Waals surface area contributed by atoms with Crippen molar-refractivity contribution in [1.82, 2.24) is 25.3 Å². The van der Waals surface area contributed by atoms with E-state index in [9.17, 15) is 0 Å². The number of rotatable bonds is 4. The van der Waals surface area contributed by atoms with Crippen LogP contribution in [0, 0.1) is 0 Å². The molecule has 0 radical (unpaired) electrons. The quantitative estimate of drug-likeness (QED) is 0.729. The van der Waals surface area contributed by atoms with Crippen molar-refractivity contribution < 1.29 is 9.47 Å². The van der Waals surface area contributed by atoms with Crippen molar-refractivity contribution in [3.05, 3.63) is 0 Å². The Morgan fingerprint density at radius 3 is 2.33 bits per heavy atom. The molecule has 1 fully saturated rings. The molecule has 7 nitrogen and oxygen atoms in total. The van der Waals surface area contributed by atoms with Gasteiger partial charge in [0.2, 0.25) is 0 Å². The fraction of sp³-hybridized carbons (Fsp3) is 1.00. The van der Waals surface area contributed by atoms with Crippen LogP contribution in [0.1, 0.15) is 26.2 Å². The number of nitrogens with zero attached hydrogens (tertiary/aromatic N) is 3. The molecule has 1 aliphatic rings. The number of hydrogen-bond donors (Lipinski definition) is 2. The average Bonchev–Trinajstić information content (AvgIpc) is 2.65. The molecule has 2 N–H and O–H groups in total. The Morgan fingerprint density at radius 2 is 1.59 bits per heavy atom. The first-order valence-electron chi connectivity index (χ1n) is 10.6. The maximum atomic E-state index is 5.48. The second-order valence-corrected chi connectivity index (χ2v) is 7.94. The Bertz CT molecular complexity index is 348. The van der Waals surface area contributed by atoms with Gasteiger partial charge < -0.3 is 29.9 Å². The van der Waals surface area contributed by atoms with E-state index in [2.05, 4.69) is 46.4 Å². The van der Waals surface area contributed by atoms with Crippen LogP contribution in [0.2, 0.25) is 0 Å². The monoisotopic (exact) mass is 387 g/mol. The molecule has 1 aliphatic heterocycles. The van der Waals surface area contributed by atoms with Gasteiger partial charge in [0.05, 0.1) is 13.3 Å². The molecule has 7 heteroatoms. The summed E-state index contributed by atoms with van der Waals surface area (Å²) in [6.07, 6.45) is 3.58. The molecule has 0 amide bonds. The molecule has 0 aromatic heterocycles. The van der Waals surface area contributed by atoms with Crippen LogP contribution in [0.15, 0.2) is 0 Å². The molecule has 1 saturated heterocycles. The van der Waals surface area contributed by atoms with Crippen LogP contribution in [0.5, 0.6) is 0 Å². The van der Waals surface area contributed by atoms with Crippen LogP contribution < -0.4 is 10.6 Å². The lowest BCUT2D eigenvalue weighted by Crippen LogP contribution is -2.47. The van der Waals surface area contributed by atoms with Crippen molar-refractivity contribution >= 4 is 0 Å². The van der Waals surface area contributed by atoms with Crippen molar-refractivity contribution in [1.29, 1.82) is 0 Å². The fourth-order valence-electron chi connectivity index (χ4n) is 3.49. The molecule has 1 rings (SSSR count). The Kier molecular flexibility index (Phi) is 14.3. The predicted molar refractivity (Wildman–Crippen MR) is 113 cm³/mol. The first-order chi connectivity index (χ1) is 13.1. The minimum absolute atomic E-state index is 0.347. The highest BCUT2D eigenvalue weighted by atomic mass is 16.5. The first-order valence-corrected chi connectivity index (χ1v) is 10.6. The number of likely N-dealkylation sites (N-methyl/N-ethyl adjacent to an activating group) is 2. The maximum Gasteiger partial charge on any atom is 0.0990 e. The van der Waals surface area contributed by atoms with Gasteiger partial charge in [0.15, 0.2) is 0 Å². The Labute approximate surface area is 167 Å². The maximum absolute atomic E-state index is 5.48. The van der Waals surface area contributed by atoms with Crippen LogP contribution in [0.3, 0.4) is 0 Å². The van der Waals surface area contributed by atoms with Gasteiger partial charge in [-0.15, -0.1) is 0 Å². The third kappa shape index (κ3) is 11.3. The molecular weight excluding hydrogens is 342 g/mol. The average molecular weight is 388 g/mol. The van der Waals surface area contributed by atoms with E-state index in [4.69, 9.17) is 9.47 Å². The van der Waals surface area contributed by atoms with E-state index >= 15 is 0 Å². The minimum atomic E-state index is 0.347. The SMILES string of the molecule is COCC1CNCCN(C)CCCNCC(C)N(C)CCCCN1COC. The molecule has 0 aromatic rings. The van der Waals surface area contributed by atoms with E-state index < -0.39 is 0 Å². The number of methoxy groups -OCH3 is 2. The second-order valence-electron chi connectivity index (χ2n) is 7.94. The summed E-state index contributed by atoms with van der Waals surface area (Å²) in [5.41, 5.74) is 0. The van der Waals surface area contributed by atoms with Crippen molar-refractivity contribution in [3.8, 4) is 0 Å². The third-order valence-corrected chi connectivity index (χ3v) is 5.51. The largest absolute Gasteiger partial charge is 0.383 e. The van der Waals surface area contributed by atoms with Crippen molar-refractivity contribution in [2.45, 2.75) is 38.3 Å². The summed E-state index contributed by atoms with van der Waals surface area (Å²) in [5.74, 6) is 0. The van der Waals surface area contributed by atoms with Gasteiger partial charge in [-0.25, -0.2) is 0 Å². The van der Waals surface area contributed by atoms with E-state index in [1.807, 2.05) is 0 Å². The zero-order valence-corrected chi connectivity index (χ0v) is 18.5.